The molecule has 0 fully saturated rings. The van der Waals surface area contributed by atoms with Crippen molar-refractivity contribution in [3.8, 4) is 0 Å². The highest BCUT2D eigenvalue weighted by Gasteiger charge is 2.40. The number of aromatic nitrogens is 5. The van der Waals surface area contributed by atoms with E-state index in [4.69, 9.17) is 0 Å². The summed E-state index contributed by atoms with van der Waals surface area (Å²) in [4.78, 5) is 8.37. The first-order valence-electron chi connectivity index (χ1n) is 9.68. The molecule has 2 atom stereocenters. The van der Waals surface area contributed by atoms with Crippen LogP contribution >= 0.6 is 23.3 Å². The first kappa shape index (κ1) is 22.3. The number of halogens is 2. The highest BCUT2D eigenvalue weighted by molar-refractivity contribution is 8.01. The standard InChI is InChI=1S/C22H19F2N5OS2/c1-15(31-21-27-20(28-32-21)10-7-16-5-3-2-4-6-16)22(30,12-29-14-25-13-26-29)18-9-8-17(23)11-19(18)24/h2-11,13-15,30H,12H2,1H3/t15-,22-/m1/s1. The number of hydrogen-bond acceptors (Lipinski definition) is 7. The van der Waals surface area contributed by atoms with E-state index in [-0.39, 0.29) is 12.1 Å². The highest BCUT2D eigenvalue weighted by atomic mass is 32.2. The van der Waals surface area contributed by atoms with Gasteiger partial charge in [-0.15, -0.1) is 0 Å². The van der Waals surface area contributed by atoms with Crippen molar-refractivity contribution < 1.29 is 13.9 Å². The third kappa shape index (κ3) is 5.09. The minimum atomic E-state index is -1.71. The molecule has 4 rings (SSSR count). The van der Waals surface area contributed by atoms with Crippen molar-refractivity contribution in [1.29, 1.82) is 0 Å². The maximum Gasteiger partial charge on any atom is 0.170 e. The zero-order valence-electron chi connectivity index (χ0n) is 17.0. The minimum absolute atomic E-state index is 0.0249. The summed E-state index contributed by atoms with van der Waals surface area (Å²) in [5, 5.41) is 15.0. The fourth-order valence-electron chi connectivity index (χ4n) is 3.15. The number of rotatable bonds is 8. The summed E-state index contributed by atoms with van der Waals surface area (Å²) in [5.74, 6) is -1.00. The van der Waals surface area contributed by atoms with Crippen LogP contribution in [0.2, 0.25) is 0 Å². The van der Waals surface area contributed by atoms with Crippen LogP contribution in [-0.2, 0) is 12.1 Å². The summed E-state index contributed by atoms with van der Waals surface area (Å²) >= 11 is 2.45. The fraction of sp³-hybridized carbons (Fsp3) is 0.182. The SMILES string of the molecule is C[C@@H](Sc1nc(C=Cc2ccccc2)ns1)[C@](O)(Cn1cncn1)c1ccc(F)cc1F. The summed E-state index contributed by atoms with van der Waals surface area (Å²) < 4.78 is 34.5. The molecule has 0 radical (unpaired) electrons. The third-order valence-corrected chi connectivity index (χ3v) is 6.94. The lowest BCUT2D eigenvalue weighted by Crippen LogP contribution is -2.41. The van der Waals surface area contributed by atoms with Crippen molar-refractivity contribution >= 4 is 35.4 Å². The Kier molecular flexibility index (Phi) is 6.73. The topological polar surface area (TPSA) is 76.7 Å². The van der Waals surface area contributed by atoms with Gasteiger partial charge in [0.2, 0.25) is 0 Å². The van der Waals surface area contributed by atoms with Crippen LogP contribution in [0.3, 0.4) is 0 Å². The Bertz CT molecular complexity index is 1200. The Labute approximate surface area is 191 Å². The van der Waals surface area contributed by atoms with Crippen molar-refractivity contribution in [1.82, 2.24) is 24.1 Å². The molecule has 0 saturated carbocycles. The normalized spacial score (nSPS) is 14.5. The molecule has 4 aromatic rings. The third-order valence-electron chi connectivity index (χ3n) is 4.86. The number of thioether (sulfide) groups is 1. The highest BCUT2D eigenvalue weighted by Crippen LogP contribution is 2.39. The Morgan fingerprint density at radius 3 is 2.72 bits per heavy atom. The Balaban J connectivity index is 1.57. The van der Waals surface area contributed by atoms with Crippen LogP contribution in [-0.4, -0.2) is 34.5 Å². The molecule has 0 amide bonds. The zero-order chi connectivity index (χ0) is 22.6. The van der Waals surface area contributed by atoms with Gasteiger partial charge in [0, 0.05) is 16.9 Å². The number of aliphatic hydroxyl groups is 1. The molecule has 32 heavy (non-hydrogen) atoms. The van der Waals surface area contributed by atoms with Crippen LogP contribution < -0.4 is 0 Å². The zero-order valence-corrected chi connectivity index (χ0v) is 18.6. The molecule has 1 N–H and O–H groups in total. The van der Waals surface area contributed by atoms with Gasteiger partial charge in [-0.2, -0.15) is 9.47 Å². The molecule has 0 aliphatic carbocycles. The molecule has 0 saturated heterocycles. The molecular formula is C22H19F2N5OS2. The van der Waals surface area contributed by atoms with E-state index in [2.05, 4.69) is 19.4 Å². The van der Waals surface area contributed by atoms with Crippen molar-refractivity contribution in [2.75, 3.05) is 0 Å². The van der Waals surface area contributed by atoms with Crippen molar-refractivity contribution in [3.63, 3.8) is 0 Å². The Hall–Kier alpha value is -2.95. The van der Waals surface area contributed by atoms with Crippen LogP contribution in [0, 0.1) is 11.6 Å². The summed E-state index contributed by atoms with van der Waals surface area (Å²) in [7, 11) is 0. The maximum atomic E-state index is 14.7. The molecule has 0 aliphatic heterocycles. The summed E-state index contributed by atoms with van der Waals surface area (Å²) in [6, 6.07) is 12.9. The van der Waals surface area contributed by atoms with E-state index in [1.165, 1.54) is 46.7 Å². The largest absolute Gasteiger partial charge is 0.382 e. The monoisotopic (exact) mass is 471 g/mol. The average molecular weight is 472 g/mol. The number of hydrogen-bond donors (Lipinski definition) is 1. The van der Waals surface area contributed by atoms with Gasteiger partial charge in [-0.1, -0.05) is 54.2 Å². The van der Waals surface area contributed by atoms with Gasteiger partial charge in [-0.3, -0.25) is 0 Å². The molecular weight excluding hydrogens is 452 g/mol. The lowest BCUT2D eigenvalue weighted by atomic mass is 9.90. The van der Waals surface area contributed by atoms with E-state index in [0.717, 1.165) is 17.7 Å². The summed E-state index contributed by atoms with van der Waals surface area (Å²) in [6.45, 7) is 1.69. The van der Waals surface area contributed by atoms with Gasteiger partial charge in [0.05, 0.1) is 6.54 Å². The van der Waals surface area contributed by atoms with E-state index in [9.17, 15) is 13.9 Å². The Morgan fingerprint density at radius 2 is 2.00 bits per heavy atom. The van der Waals surface area contributed by atoms with Crippen LogP contribution in [0.5, 0.6) is 0 Å². The van der Waals surface area contributed by atoms with Gasteiger partial charge in [-0.05, 0) is 36.2 Å². The Morgan fingerprint density at radius 1 is 1.19 bits per heavy atom. The fourth-order valence-corrected chi connectivity index (χ4v) is 5.12. The minimum Gasteiger partial charge on any atom is -0.382 e. The van der Waals surface area contributed by atoms with Gasteiger partial charge in [0.1, 0.15) is 29.9 Å². The van der Waals surface area contributed by atoms with Gasteiger partial charge in [0.25, 0.3) is 0 Å². The van der Waals surface area contributed by atoms with Gasteiger partial charge in [-0.25, -0.2) is 23.4 Å². The second-order valence-corrected chi connectivity index (χ2v) is 9.40. The lowest BCUT2D eigenvalue weighted by Gasteiger charge is -2.33. The molecule has 2 aromatic carbocycles. The predicted molar refractivity (Wildman–Crippen MR) is 121 cm³/mol. The molecule has 2 heterocycles. The molecule has 6 nitrogen and oxygen atoms in total. The van der Waals surface area contributed by atoms with E-state index < -0.39 is 22.5 Å². The molecule has 0 unspecified atom stereocenters. The van der Waals surface area contributed by atoms with E-state index >= 15 is 0 Å². The number of nitrogens with zero attached hydrogens (tertiary/aromatic N) is 5. The second-order valence-electron chi connectivity index (χ2n) is 7.06. The molecule has 2 aromatic heterocycles. The van der Waals surface area contributed by atoms with Crippen molar-refractivity contribution in [3.05, 3.63) is 89.8 Å². The van der Waals surface area contributed by atoms with E-state index in [0.29, 0.717) is 10.2 Å². The van der Waals surface area contributed by atoms with Crippen molar-refractivity contribution in [2.45, 2.75) is 28.7 Å². The summed E-state index contributed by atoms with van der Waals surface area (Å²) in [5.41, 5.74) is -0.705. The van der Waals surface area contributed by atoms with Gasteiger partial charge in [0.15, 0.2) is 10.2 Å². The van der Waals surface area contributed by atoms with Crippen LogP contribution in [0.4, 0.5) is 8.78 Å². The average Bonchev–Trinajstić information content (AvgIpc) is 3.45. The van der Waals surface area contributed by atoms with Crippen LogP contribution in [0.15, 0.2) is 65.5 Å². The first-order chi connectivity index (χ1) is 15.4. The summed E-state index contributed by atoms with van der Waals surface area (Å²) in [6.07, 6.45) is 6.48. The quantitative estimate of drug-likeness (QED) is 0.377. The van der Waals surface area contributed by atoms with Crippen LogP contribution in [0.1, 0.15) is 23.9 Å². The number of benzene rings is 2. The molecule has 0 spiro atoms. The first-order valence-corrected chi connectivity index (χ1v) is 11.3. The van der Waals surface area contributed by atoms with Gasteiger partial charge >= 0.3 is 0 Å². The van der Waals surface area contributed by atoms with Crippen molar-refractivity contribution in [2.24, 2.45) is 0 Å². The lowest BCUT2D eigenvalue weighted by molar-refractivity contribution is 0.0133. The molecule has 164 valence electrons. The predicted octanol–water partition coefficient (Wildman–Crippen LogP) is 4.65. The second kappa shape index (κ2) is 9.68. The van der Waals surface area contributed by atoms with E-state index in [1.54, 1.807) is 6.92 Å². The molecule has 0 bridgehead atoms. The maximum absolute atomic E-state index is 14.7. The van der Waals surface area contributed by atoms with E-state index in [1.807, 2.05) is 42.5 Å². The molecule has 10 heteroatoms. The smallest absolute Gasteiger partial charge is 0.170 e. The van der Waals surface area contributed by atoms with Crippen LogP contribution in [0.25, 0.3) is 12.2 Å². The van der Waals surface area contributed by atoms with Gasteiger partial charge < -0.3 is 5.11 Å². The molecule has 0 aliphatic rings.